The van der Waals surface area contributed by atoms with Gasteiger partial charge >= 0.3 is 6.09 Å². The lowest BCUT2D eigenvalue weighted by atomic mass is 10.1. The Morgan fingerprint density at radius 3 is 2.97 bits per heavy atom. The number of hydrogen-bond acceptors (Lipinski definition) is 8. The fourth-order valence-electron chi connectivity index (χ4n) is 3.92. The number of nitrogens with zero attached hydrogens (tertiary/aromatic N) is 3. The van der Waals surface area contributed by atoms with Crippen molar-refractivity contribution in [2.24, 2.45) is 0 Å². The number of rotatable bonds is 7. The number of alkyl carbamates (subject to hydrolysis) is 1. The summed E-state index contributed by atoms with van der Waals surface area (Å²) in [5.74, 6) is 1.63. The highest BCUT2D eigenvalue weighted by molar-refractivity contribution is 5.85. The molecule has 33 heavy (non-hydrogen) atoms. The Hall–Kier alpha value is -3.07. The first-order chi connectivity index (χ1) is 15.9. The van der Waals surface area contributed by atoms with E-state index in [9.17, 15) is 4.79 Å². The van der Waals surface area contributed by atoms with Gasteiger partial charge in [-0.2, -0.15) is 0 Å². The number of ether oxygens (including phenoxy) is 3. The number of carbonyl (C=O) groups excluding carboxylic acids is 1. The van der Waals surface area contributed by atoms with Crippen molar-refractivity contribution in [3.05, 3.63) is 30.6 Å². The lowest BCUT2D eigenvalue weighted by Gasteiger charge is -2.31. The maximum absolute atomic E-state index is 11.7. The van der Waals surface area contributed by atoms with Crippen molar-refractivity contribution in [2.75, 3.05) is 36.6 Å². The SMILES string of the molecule is CC(C)(C)OC(=O)NCCCOc1cccc(-c2ncnc3c2NCN3C2CCCCO2)c1. The van der Waals surface area contributed by atoms with Gasteiger partial charge in [-0.3, -0.25) is 0 Å². The first-order valence-electron chi connectivity index (χ1n) is 11.6. The second-order valence-electron chi connectivity index (χ2n) is 9.21. The van der Waals surface area contributed by atoms with E-state index in [1.54, 1.807) is 6.33 Å². The van der Waals surface area contributed by atoms with Crippen LogP contribution in [0.15, 0.2) is 30.6 Å². The monoisotopic (exact) mass is 455 g/mol. The maximum atomic E-state index is 11.7. The summed E-state index contributed by atoms with van der Waals surface area (Å²) in [6, 6.07) is 7.86. The molecule has 178 valence electrons. The van der Waals surface area contributed by atoms with E-state index >= 15 is 0 Å². The summed E-state index contributed by atoms with van der Waals surface area (Å²) < 4.78 is 17.1. The average Bonchev–Trinajstić information content (AvgIpc) is 3.23. The Labute approximate surface area is 194 Å². The largest absolute Gasteiger partial charge is 0.494 e. The number of benzene rings is 1. The van der Waals surface area contributed by atoms with Crippen LogP contribution in [0.5, 0.6) is 5.75 Å². The number of hydrogen-bond donors (Lipinski definition) is 2. The number of amides is 1. The molecule has 1 unspecified atom stereocenters. The molecule has 9 nitrogen and oxygen atoms in total. The average molecular weight is 456 g/mol. The molecule has 1 aromatic heterocycles. The molecule has 0 radical (unpaired) electrons. The Kier molecular flexibility index (Phi) is 7.17. The summed E-state index contributed by atoms with van der Waals surface area (Å²) >= 11 is 0. The third-order valence-corrected chi connectivity index (χ3v) is 5.39. The quantitative estimate of drug-likeness (QED) is 0.601. The lowest BCUT2D eigenvalue weighted by molar-refractivity contribution is 0.0155. The molecule has 1 amide bonds. The summed E-state index contributed by atoms with van der Waals surface area (Å²) in [7, 11) is 0. The van der Waals surface area contributed by atoms with E-state index in [4.69, 9.17) is 14.2 Å². The minimum absolute atomic E-state index is 0.0548. The van der Waals surface area contributed by atoms with Gasteiger partial charge in [-0.1, -0.05) is 12.1 Å². The van der Waals surface area contributed by atoms with Crippen LogP contribution in [0.2, 0.25) is 0 Å². The zero-order valence-corrected chi connectivity index (χ0v) is 19.6. The van der Waals surface area contributed by atoms with Crippen LogP contribution >= 0.6 is 0 Å². The van der Waals surface area contributed by atoms with Crippen molar-refractivity contribution in [1.82, 2.24) is 15.3 Å². The summed E-state index contributed by atoms with van der Waals surface area (Å²) in [5, 5.41) is 6.19. The lowest BCUT2D eigenvalue weighted by Crippen LogP contribution is -2.39. The van der Waals surface area contributed by atoms with Crippen molar-refractivity contribution < 1.29 is 19.0 Å². The van der Waals surface area contributed by atoms with Gasteiger partial charge in [0.15, 0.2) is 5.82 Å². The standard InChI is InChI=1S/C24H33N5O4/c1-24(2,3)33-23(30)25-11-7-13-31-18-9-6-8-17(14-18)20-21-22(27-15-26-20)29(16-28-21)19-10-4-5-12-32-19/h6,8-9,14-15,19,28H,4-5,7,10-13,16H2,1-3H3,(H,25,30). The van der Waals surface area contributed by atoms with E-state index in [2.05, 4.69) is 25.5 Å². The highest BCUT2D eigenvalue weighted by atomic mass is 16.6. The van der Waals surface area contributed by atoms with E-state index in [1.165, 1.54) is 6.42 Å². The number of nitrogens with one attached hydrogen (secondary N) is 2. The summed E-state index contributed by atoms with van der Waals surface area (Å²) in [6.45, 7) is 7.93. The van der Waals surface area contributed by atoms with Crippen LogP contribution in [0.4, 0.5) is 16.3 Å². The number of aromatic nitrogens is 2. The fourth-order valence-corrected chi connectivity index (χ4v) is 3.92. The third-order valence-electron chi connectivity index (χ3n) is 5.39. The highest BCUT2D eigenvalue weighted by Crippen LogP contribution is 2.39. The van der Waals surface area contributed by atoms with Crippen LogP contribution in [0.3, 0.4) is 0 Å². The van der Waals surface area contributed by atoms with E-state index < -0.39 is 11.7 Å². The maximum Gasteiger partial charge on any atom is 0.407 e. The van der Waals surface area contributed by atoms with Gasteiger partial charge < -0.3 is 29.7 Å². The van der Waals surface area contributed by atoms with Gasteiger partial charge in [0.25, 0.3) is 0 Å². The van der Waals surface area contributed by atoms with Gasteiger partial charge in [0.05, 0.1) is 19.0 Å². The fraction of sp³-hybridized carbons (Fsp3) is 0.542. The smallest absolute Gasteiger partial charge is 0.407 e. The van der Waals surface area contributed by atoms with Crippen LogP contribution in [-0.2, 0) is 9.47 Å². The first-order valence-corrected chi connectivity index (χ1v) is 11.6. The summed E-state index contributed by atoms with van der Waals surface area (Å²) in [6.07, 6.45) is 5.20. The van der Waals surface area contributed by atoms with Gasteiger partial charge in [-0.25, -0.2) is 14.8 Å². The zero-order valence-electron chi connectivity index (χ0n) is 19.6. The molecule has 0 bridgehead atoms. The van der Waals surface area contributed by atoms with Crippen molar-refractivity contribution in [2.45, 2.75) is 58.3 Å². The Morgan fingerprint density at radius 2 is 2.18 bits per heavy atom. The molecule has 2 aliphatic heterocycles. The van der Waals surface area contributed by atoms with E-state index in [1.807, 2.05) is 45.0 Å². The minimum atomic E-state index is -0.502. The second-order valence-corrected chi connectivity index (χ2v) is 9.21. The predicted octanol–water partition coefficient (Wildman–Crippen LogP) is 4.15. The third kappa shape index (κ3) is 6.04. The summed E-state index contributed by atoms with van der Waals surface area (Å²) in [4.78, 5) is 23.0. The minimum Gasteiger partial charge on any atom is -0.494 e. The van der Waals surface area contributed by atoms with Crippen LogP contribution in [0, 0.1) is 0 Å². The van der Waals surface area contributed by atoms with Crippen LogP contribution < -0.4 is 20.3 Å². The van der Waals surface area contributed by atoms with Crippen molar-refractivity contribution in [3.8, 4) is 17.0 Å². The molecule has 9 heteroatoms. The number of fused-ring (bicyclic) bond motifs is 1. The van der Waals surface area contributed by atoms with Gasteiger partial charge in [-0.15, -0.1) is 0 Å². The van der Waals surface area contributed by atoms with Crippen LogP contribution in [0.25, 0.3) is 11.3 Å². The molecular formula is C24H33N5O4. The molecule has 0 saturated carbocycles. The van der Waals surface area contributed by atoms with Gasteiger partial charge in [-0.05, 0) is 58.6 Å². The van der Waals surface area contributed by atoms with Gasteiger partial charge in [0.2, 0.25) is 0 Å². The predicted molar refractivity (Wildman–Crippen MR) is 126 cm³/mol. The molecule has 0 aliphatic carbocycles. The topological polar surface area (TPSA) is 97.8 Å². The molecule has 4 rings (SSSR count). The molecule has 2 N–H and O–H groups in total. The van der Waals surface area contributed by atoms with Crippen LogP contribution in [-0.4, -0.2) is 54.3 Å². The van der Waals surface area contributed by atoms with Crippen molar-refractivity contribution in [1.29, 1.82) is 0 Å². The van der Waals surface area contributed by atoms with Gasteiger partial charge in [0, 0.05) is 18.7 Å². The number of carbonyl (C=O) groups is 1. The molecule has 1 saturated heterocycles. The van der Waals surface area contributed by atoms with Crippen molar-refractivity contribution >= 4 is 17.6 Å². The van der Waals surface area contributed by atoms with Crippen LogP contribution in [0.1, 0.15) is 46.5 Å². The Bertz CT molecular complexity index is 956. The zero-order chi connectivity index (χ0) is 23.3. The molecule has 3 heterocycles. The molecular weight excluding hydrogens is 422 g/mol. The first kappa shape index (κ1) is 23.1. The molecule has 2 aromatic rings. The molecule has 1 aromatic carbocycles. The Morgan fingerprint density at radius 1 is 1.30 bits per heavy atom. The van der Waals surface area contributed by atoms with E-state index in [0.717, 1.165) is 48.0 Å². The molecule has 1 fully saturated rings. The van der Waals surface area contributed by atoms with Crippen molar-refractivity contribution in [3.63, 3.8) is 0 Å². The molecule has 2 aliphatic rings. The second kappa shape index (κ2) is 10.2. The molecule has 0 spiro atoms. The number of anilines is 2. The summed E-state index contributed by atoms with van der Waals surface area (Å²) in [5.41, 5.74) is 2.22. The molecule has 1 atom stereocenters. The van der Waals surface area contributed by atoms with E-state index in [-0.39, 0.29) is 6.23 Å². The highest BCUT2D eigenvalue weighted by Gasteiger charge is 2.31. The van der Waals surface area contributed by atoms with E-state index in [0.29, 0.717) is 26.2 Å². The Balaban J connectivity index is 1.35. The van der Waals surface area contributed by atoms with Gasteiger partial charge in [0.1, 0.15) is 29.6 Å². The normalized spacial score (nSPS) is 17.8.